The van der Waals surface area contributed by atoms with E-state index in [1.165, 1.54) is 53.1 Å². The summed E-state index contributed by atoms with van der Waals surface area (Å²) in [5, 5.41) is 22.4. The third-order valence-corrected chi connectivity index (χ3v) is 4.21. The first kappa shape index (κ1) is 17.0. The fraction of sp³-hybridized carbons (Fsp3) is 0. The van der Waals surface area contributed by atoms with E-state index < -0.39 is 21.1 Å². The van der Waals surface area contributed by atoms with Crippen LogP contribution in [0.25, 0.3) is 28.0 Å². The Morgan fingerprint density at radius 1 is 0.893 bits per heavy atom. The second-order valence-electron chi connectivity index (χ2n) is 5.86. The molecule has 0 aromatic heterocycles. The third kappa shape index (κ3) is 2.67. The minimum atomic E-state index is -0.852. The van der Waals surface area contributed by atoms with Gasteiger partial charge in [-0.3, -0.25) is 34.6 Å². The Bertz CT molecular complexity index is 1360. The maximum absolute atomic E-state index is 12.3. The second-order valence-corrected chi connectivity index (χ2v) is 5.86. The van der Waals surface area contributed by atoms with Gasteiger partial charge in [0.1, 0.15) is 0 Å². The molecule has 0 amide bonds. The number of aromatic amines is 1. The second kappa shape index (κ2) is 6.09. The lowest BCUT2D eigenvalue weighted by molar-refractivity contribution is -0.385. The summed E-state index contributed by atoms with van der Waals surface area (Å²) in [5.74, 6) is 0.0314. The molecule has 2 heterocycles. The Labute approximate surface area is 154 Å². The first-order valence-electron chi connectivity index (χ1n) is 7.84. The fourth-order valence-electron chi connectivity index (χ4n) is 2.98. The lowest BCUT2D eigenvalue weighted by Gasteiger charge is -2.17. The molecule has 0 aliphatic carbocycles. The summed E-state index contributed by atoms with van der Waals surface area (Å²) in [4.78, 5) is 50.8. The summed E-state index contributed by atoms with van der Waals surface area (Å²) in [6.07, 6.45) is 0. The molecule has 0 fully saturated rings. The van der Waals surface area contributed by atoms with E-state index in [2.05, 4.69) is 9.97 Å². The standard InChI is InChI=1S/C17H9N5O6/c23-16-13-8-9-7-12(22(27)28)5-6-14(9)20(15(13)18-17(24)19-16)10-1-3-11(4-2-10)21(25)26/h1-8H,(H,19,23,24). The molecule has 11 nitrogen and oxygen atoms in total. The van der Waals surface area contributed by atoms with E-state index in [0.717, 1.165) is 0 Å². The maximum Gasteiger partial charge on any atom is 0.349 e. The molecule has 2 aromatic carbocycles. The monoisotopic (exact) mass is 379 g/mol. The highest BCUT2D eigenvalue weighted by atomic mass is 16.6. The molecule has 2 aromatic rings. The van der Waals surface area contributed by atoms with Crippen LogP contribution in [0.15, 0.2) is 58.1 Å². The van der Waals surface area contributed by atoms with Gasteiger partial charge in [0.2, 0.25) is 0 Å². The van der Waals surface area contributed by atoms with Gasteiger partial charge in [0.05, 0.1) is 20.9 Å². The highest BCUT2D eigenvalue weighted by molar-refractivity contribution is 5.89. The summed E-state index contributed by atoms with van der Waals surface area (Å²) in [7, 11) is 0. The zero-order chi connectivity index (χ0) is 20.0. The number of H-pyrrole nitrogens is 1. The van der Waals surface area contributed by atoms with E-state index in [9.17, 15) is 29.8 Å². The van der Waals surface area contributed by atoms with Crippen LogP contribution in [-0.2, 0) is 0 Å². The van der Waals surface area contributed by atoms with Gasteiger partial charge >= 0.3 is 5.69 Å². The summed E-state index contributed by atoms with van der Waals surface area (Å²) in [5.41, 5.74) is -0.983. The Morgan fingerprint density at radius 2 is 1.54 bits per heavy atom. The molecule has 4 rings (SSSR count). The maximum atomic E-state index is 12.3. The number of nitro benzene ring substituents is 2. The van der Waals surface area contributed by atoms with Crippen LogP contribution < -0.4 is 11.2 Å². The average Bonchev–Trinajstić information content (AvgIpc) is 2.66. The fourth-order valence-corrected chi connectivity index (χ4v) is 2.98. The summed E-state index contributed by atoms with van der Waals surface area (Å²) >= 11 is 0. The predicted molar refractivity (Wildman–Crippen MR) is 97.9 cm³/mol. The van der Waals surface area contributed by atoms with Gasteiger partial charge in [-0.25, -0.2) is 4.79 Å². The molecule has 11 heteroatoms. The molecule has 0 radical (unpaired) electrons. The van der Waals surface area contributed by atoms with Gasteiger partial charge in [0.25, 0.3) is 16.9 Å². The van der Waals surface area contributed by atoms with Gasteiger partial charge < -0.3 is 0 Å². The number of non-ortho nitro benzene ring substituents is 2. The van der Waals surface area contributed by atoms with Gasteiger partial charge in [0, 0.05) is 35.3 Å². The van der Waals surface area contributed by atoms with Gasteiger partial charge in [0.15, 0.2) is 5.82 Å². The van der Waals surface area contributed by atoms with Gasteiger partial charge in [-0.05, 0) is 24.3 Å². The van der Waals surface area contributed by atoms with Crippen LogP contribution in [0.3, 0.4) is 0 Å². The molecule has 0 bridgehead atoms. The molecular formula is C17H9N5O6. The number of hydrogen-bond donors (Lipinski definition) is 1. The van der Waals surface area contributed by atoms with Gasteiger partial charge in [-0.15, -0.1) is 0 Å². The van der Waals surface area contributed by atoms with Crippen molar-refractivity contribution in [3.05, 3.63) is 89.6 Å². The normalized spacial score (nSPS) is 11.0. The average molecular weight is 379 g/mol. The highest BCUT2D eigenvalue weighted by Crippen LogP contribution is 2.30. The summed E-state index contributed by atoms with van der Waals surface area (Å²) in [6.45, 7) is 0. The number of aromatic nitrogens is 3. The third-order valence-electron chi connectivity index (χ3n) is 4.21. The van der Waals surface area contributed by atoms with E-state index in [4.69, 9.17) is 0 Å². The van der Waals surface area contributed by atoms with Crippen molar-refractivity contribution in [1.29, 1.82) is 0 Å². The van der Waals surface area contributed by atoms with Crippen molar-refractivity contribution >= 4 is 22.3 Å². The molecule has 0 saturated heterocycles. The SMILES string of the molecule is O=c1nc2n(-c3ccc([N+](=O)[O-])cc3)c3ccc([N+](=O)[O-])cc3cc-2c(=O)[nH]1. The van der Waals surface area contributed by atoms with Crippen molar-refractivity contribution in [3.8, 4) is 17.1 Å². The molecule has 0 saturated carbocycles. The van der Waals surface area contributed by atoms with Crippen molar-refractivity contribution < 1.29 is 9.85 Å². The smallest absolute Gasteiger partial charge is 0.294 e. The van der Waals surface area contributed by atoms with Crippen LogP contribution in [0.4, 0.5) is 11.4 Å². The van der Waals surface area contributed by atoms with Crippen LogP contribution in [0, 0.1) is 20.2 Å². The largest absolute Gasteiger partial charge is 0.349 e. The molecular weight excluding hydrogens is 370 g/mol. The number of fused-ring (bicyclic) bond motifs is 2. The number of nitrogens with zero attached hydrogens (tertiary/aromatic N) is 4. The van der Waals surface area contributed by atoms with Crippen LogP contribution in [-0.4, -0.2) is 24.4 Å². The van der Waals surface area contributed by atoms with Crippen LogP contribution in [0.2, 0.25) is 0 Å². The molecule has 2 aliphatic heterocycles. The lowest BCUT2D eigenvalue weighted by Crippen LogP contribution is -2.27. The zero-order valence-electron chi connectivity index (χ0n) is 13.9. The minimum absolute atomic E-state index is 0.0314. The first-order valence-corrected chi connectivity index (χ1v) is 7.84. The van der Waals surface area contributed by atoms with Crippen LogP contribution in [0.1, 0.15) is 0 Å². The van der Waals surface area contributed by atoms with Crippen molar-refractivity contribution in [1.82, 2.24) is 14.5 Å². The lowest BCUT2D eigenvalue weighted by atomic mass is 10.1. The molecule has 0 unspecified atom stereocenters. The van der Waals surface area contributed by atoms with Crippen LogP contribution in [0.5, 0.6) is 0 Å². The van der Waals surface area contributed by atoms with Crippen molar-refractivity contribution in [2.24, 2.45) is 0 Å². The number of hydrogen-bond acceptors (Lipinski definition) is 7. The minimum Gasteiger partial charge on any atom is -0.294 e. The Balaban J connectivity index is 2.13. The molecule has 0 atom stereocenters. The van der Waals surface area contributed by atoms with E-state index in [1.807, 2.05) is 0 Å². The Morgan fingerprint density at radius 3 is 2.18 bits per heavy atom. The number of benzene rings is 2. The number of nitrogens with one attached hydrogen (secondary N) is 1. The van der Waals surface area contributed by atoms with Gasteiger partial charge in [-0.1, -0.05) is 0 Å². The summed E-state index contributed by atoms with van der Waals surface area (Å²) in [6, 6.07) is 10.8. The molecule has 138 valence electrons. The molecule has 0 spiro atoms. The number of nitro groups is 2. The van der Waals surface area contributed by atoms with Crippen molar-refractivity contribution in [3.63, 3.8) is 0 Å². The molecule has 2 aliphatic rings. The Hall–Kier alpha value is -4.41. The van der Waals surface area contributed by atoms with Gasteiger partial charge in [-0.2, -0.15) is 4.98 Å². The zero-order valence-corrected chi connectivity index (χ0v) is 13.9. The van der Waals surface area contributed by atoms with E-state index in [-0.39, 0.29) is 22.8 Å². The molecule has 1 N–H and O–H groups in total. The van der Waals surface area contributed by atoms with E-state index >= 15 is 0 Å². The van der Waals surface area contributed by atoms with Crippen molar-refractivity contribution in [2.45, 2.75) is 0 Å². The quantitative estimate of drug-likeness (QED) is 0.324. The predicted octanol–water partition coefficient (Wildman–Crippen LogP) is 2.00. The topological polar surface area (TPSA) is 154 Å². The summed E-state index contributed by atoms with van der Waals surface area (Å²) < 4.78 is 1.45. The number of pyridine rings is 1. The number of rotatable bonds is 3. The van der Waals surface area contributed by atoms with E-state index in [1.54, 1.807) is 0 Å². The van der Waals surface area contributed by atoms with Crippen LogP contribution >= 0.6 is 0 Å². The highest BCUT2D eigenvalue weighted by Gasteiger charge is 2.20. The Kier molecular flexibility index (Phi) is 3.70. The first-order chi connectivity index (χ1) is 13.3. The van der Waals surface area contributed by atoms with E-state index in [0.29, 0.717) is 16.6 Å². The molecule has 28 heavy (non-hydrogen) atoms. The van der Waals surface area contributed by atoms with Crippen molar-refractivity contribution in [2.75, 3.05) is 0 Å².